The third-order valence-electron chi connectivity index (χ3n) is 2.85. The Bertz CT molecular complexity index is 684. The molecular weight excluding hydrogens is 226 g/mol. The van der Waals surface area contributed by atoms with Crippen LogP contribution in [0.1, 0.15) is 0 Å². The number of nitrogens with two attached hydrogens (primary N) is 1. The minimum absolute atomic E-state index is 0.290. The number of anilines is 2. The maximum Gasteiger partial charge on any atom is 0.240 e. The molecule has 0 amide bonds. The highest BCUT2D eigenvalue weighted by Gasteiger charge is 2.03. The SMILES string of the molecule is CNc1ccc(-c2ccc3nc(N)nn3c2)cc1. The summed E-state index contributed by atoms with van der Waals surface area (Å²) in [6, 6.07) is 12.1. The summed E-state index contributed by atoms with van der Waals surface area (Å²) < 4.78 is 1.69. The van der Waals surface area contributed by atoms with Gasteiger partial charge < -0.3 is 11.1 Å². The van der Waals surface area contributed by atoms with E-state index >= 15 is 0 Å². The second kappa shape index (κ2) is 4.03. The minimum Gasteiger partial charge on any atom is -0.388 e. The molecule has 2 aromatic heterocycles. The molecule has 5 heteroatoms. The van der Waals surface area contributed by atoms with Crippen LogP contribution in [0.4, 0.5) is 11.6 Å². The topological polar surface area (TPSA) is 68.2 Å². The summed E-state index contributed by atoms with van der Waals surface area (Å²) in [4.78, 5) is 4.09. The van der Waals surface area contributed by atoms with Gasteiger partial charge in [0, 0.05) is 24.5 Å². The van der Waals surface area contributed by atoms with Gasteiger partial charge in [-0.2, -0.15) is 4.98 Å². The van der Waals surface area contributed by atoms with Crippen LogP contribution in [-0.2, 0) is 0 Å². The van der Waals surface area contributed by atoms with Crippen molar-refractivity contribution in [3.8, 4) is 11.1 Å². The molecule has 1 aromatic carbocycles. The first-order valence-electron chi connectivity index (χ1n) is 5.66. The van der Waals surface area contributed by atoms with Crippen LogP contribution < -0.4 is 11.1 Å². The van der Waals surface area contributed by atoms with Gasteiger partial charge in [-0.05, 0) is 29.8 Å². The fourth-order valence-electron chi connectivity index (χ4n) is 1.90. The van der Waals surface area contributed by atoms with E-state index in [0.29, 0.717) is 0 Å². The molecule has 3 N–H and O–H groups in total. The predicted octanol–water partition coefficient (Wildman–Crippen LogP) is 2.02. The van der Waals surface area contributed by atoms with E-state index in [1.54, 1.807) is 4.52 Å². The monoisotopic (exact) mass is 239 g/mol. The van der Waals surface area contributed by atoms with E-state index in [-0.39, 0.29) is 5.95 Å². The molecule has 0 saturated heterocycles. The number of hydrogen-bond donors (Lipinski definition) is 2. The van der Waals surface area contributed by atoms with Gasteiger partial charge in [-0.3, -0.25) is 0 Å². The highest BCUT2D eigenvalue weighted by atomic mass is 15.3. The van der Waals surface area contributed by atoms with Gasteiger partial charge in [0.25, 0.3) is 0 Å². The Morgan fingerprint density at radius 3 is 2.50 bits per heavy atom. The second-order valence-electron chi connectivity index (χ2n) is 4.02. The van der Waals surface area contributed by atoms with E-state index < -0.39 is 0 Å². The third-order valence-corrected chi connectivity index (χ3v) is 2.85. The summed E-state index contributed by atoms with van der Waals surface area (Å²) in [6.07, 6.45) is 1.92. The maximum absolute atomic E-state index is 5.57. The molecule has 0 aliphatic heterocycles. The molecule has 0 bridgehead atoms. The molecule has 90 valence electrons. The first-order valence-corrected chi connectivity index (χ1v) is 5.66. The van der Waals surface area contributed by atoms with Gasteiger partial charge >= 0.3 is 0 Å². The van der Waals surface area contributed by atoms with Crippen molar-refractivity contribution in [2.45, 2.75) is 0 Å². The Morgan fingerprint density at radius 1 is 1.06 bits per heavy atom. The van der Waals surface area contributed by atoms with Crippen molar-refractivity contribution >= 4 is 17.3 Å². The molecule has 3 rings (SSSR count). The molecule has 18 heavy (non-hydrogen) atoms. The lowest BCUT2D eigenvalue weighted by Gasteiger charge is -2.04. The van der Waals surface area contributed by atoms with Crippen molar-refractivity contribution in [2.75, 3.05) is 18.1 Å². The van der Waals surface area contributed by atoms with Crippen LogP contribution in [0.5, 0.6) is 0 Å². The van der Waals surface area contributed by atoms with Gasteiger partial charge in [-0.15, -0.1) is 5.10 Å². The lowest BCUT2D eigenvalue weighted by molar-refractivity contribution is 0.969. The van der Waals surface area contributed by atoms with Gasteiger partial charge in [-0.1, -0.05) is 12.1 Å². The van der Waals surface area contributed by atoms with Crippen LogP contribution in [0.15, 0.2) is 42.6 Å². The van der Waals surface area contributed by atoms with Gasteiger partial charge in [0.05, 0.1) is 0 Å². The standard InChI is InChI=1S/C13H13N5/c1-15-11-5-2-9(3-6-11)10-4-7-12-16-13(14)17-18(12)8-10/h2-8,15H,1H3,(H2,14,17). The first kappa shape index (κ1) is 10.6. The zero-order valence-electron chi connectivity index (χ0n) is 9.96. The zero-order chi connectivity index (χ0) is 12.5. The third kappa shape index (κ3) is 1.75. The van der Waals surface area contributed by atoms with Gasteiger partial charge in [0.1, 0.15) is 0 Å². The summed E-state index contributed by atoms with van der Waals surface area (Å²) >= 11 is 0. The summed E-state index contributed by atoms with van der Waals surface area (Å²) in [5.41, 5.74) is 9.61. The van der Waals surface area contributed by atoms with Crippen LogP contribution in [0, 0.1) is 0 Å². The molecule has 0 fully saturated rings. The second-order valence-corrected chi connectivity index (χ2v) is 4.02. The molecule has 0 aliphatic carbocycles. The van der Waals surface area contributed by atoms with E-state index in [1.807, 2.05) is 37.5 Å². The van der Waals surface area contributed by atoms with Crippen LogP contribution in [0.25, 0.3) is 16.8 Å². The van der Waals surface area contributed by atoms with Crippen molar-refractivity contribution in [1.82, 2.24) is 14.6 Å². The molecule has 0 spiro atoms. The highest BCUT2D eigenvalue weighted by Crippen LogP contribution is 2.21. The molecule has 5 nitrogen and oxygen atoms in total. The Labute approximate surface area is 104 Å². The fourth-order valence-corrected chi connectivity index (χ4v) is 1.90. The van der Waals surface area contributed by atoms with Gasteiger partial charge in [0.15, 0.2) is 5.65 Å². The first-order chi connectivity index (χ1) is 8.76. The Kier molecular flexibility index (Phi) is 2.37. The average molecular weight is 239 g/mol. The molecule has 3 aromatic rings. The van der Waals surface area contributed by atoms with Crippen LogP contribution in [0.2, 0.25) is 0 Å². The van der Waals surface area contributed by atoms with Gasteiger partial charge in [0.2, 0.25) is 5.95 Å². The number of pyridine rings is 1. The van der Waals surface area contributed by atoms with Crippen LogP contribution >= 0.6 is 0 Å². The zero-order valence-corrected chi connectivity index (χ0v) is 9.96. The van der Waals surface area contributed by atoms with E-state index in [9.17, 15) is 0 Å². The Hall–Kier alpha value is -2.56. The number of rotatable bonds is 2. The van der Waals surface area contributed by atoms with E-state index in [2.05, 4.69) is 27.5 Å². The number of nitrogen functional groups attached to an aromatic ring is 1. The smallest absolute Gasteiger partial charge is 0.240 e. The number of fused-ring (bicyclic) bond motifs is 1. The summed E-state index contributed by atoms with van der Waals surface area (Å²) in [5, 5.41) is 7.20. The maximum atomic E-state index is 5.57. The van der Waals surface area contributed by atoms with Crippen molar-refractivity contribution < 1.29 is 0 Å². The normalized spacial score (nSPS) is 10.7. The van der Waals surface area contributed by atoms with Crippen LogP contribution in [0.3, 0.4) is 0 Å². The molecule has 0 saturated carbocycles. The lowest BCUT2D eigenvalue weighted by atomic mass is 10.1. The van der Waals surface area contributed by atoms with E-state index in [1.165, 1.54) is 0 Å². The number of hydrogen-bond acceptors (Lipinski definition) is 4. The molecule has 0 radical (unpaired) electrons. The number of benzene rings is 1. The van der Waals surface area contributed by atoms with Crippen molar-refractivity contribution in [2.24, 2.45) is 0 Å². The largest absolute Gasteiger partial charge is 0.388 e. The van der Waals surface area contributed by atoms with E-state index in [0.717, 1.165) is 22.5 Å². The Balaban J connectivity index is 2.06. The highest BCUT2D eigenvalue weighted by molar-refractivity contribution is 5.66. The molecule has 0 atom stereocenters. The Morgan fingerprint density at radius 2 is 1.78 bits per heavy atom. The van der Waals surface area contributed by atoms with Crippen LogP contribution in [-0.4, -0.2) is 21.6 Å². The van der Waals surface area contributed by atoms with E-state index in [4.69, 9.17) is 5.73 Å². The number of nitrogens with one attached hydrogen (secondary N) is 1. The predicted molar refractivity (Wildman–Crippen MR) is 72.4 cm³/mol. The average Bonchev–Trinajstić information content (AvgIpc) is 2.78. The summed E-state index contributed by atoms with van der Waals surface area (Å²) in [6.45, 7) is 0. The molecule has 2 heterocycles. The fraction of sp³-hybridized carbons (Fsp3) is 0.0769. The number of nitrogens with zero attached hydrogens (tertiary/aromatic N) is 3. The van der Waals surface area contributed by atoms with Crippen molar-refractivity contribution in [1.29, 1.82) is 0 Å². The molecular formula is C13H13N5. The van der Waals surface area contributed by atoms with Crippen molar-refractivity contribution in [3.63, 3.8) is 0 Å². The van der Waals surface area contributed by atoms with Crippen molar-refractivity contribution in [3.05, 3.63) is 42.6 Å². The minimum atomic E-state index is 0.290. The quantitative estimate of drug-likeness (QED) is 0.718. The lowest BCUT2D eigenvalue weighted by Crippen LogP contribution is -1.91. The van der Waals surface area contributed by atoms with Gasteiger partial charge in [-0.25, -0.2) is 4.52 Å². The summed E-state index contributed by atoms with van der Waals surface area (Å²) in [7, 11) is 1.90. The summed E-state index contributed by atoms with van der Waals surface area (Å²) in [5.74, 6) is 0.290. The molecule has 0 aliphatic rings. The molecule has 0 unspecified atom stereocenters. The number of aromatic nitrogens is 3.